The van der Waals surface area contributed by atoms with Gasteiger partial charge in [0.15, 0.2) is 0 Å². The molecular formula is C19H27F3N2O3S. The number of carbonyl (C=O) groups is 1. The highest BCUT2D eigenvalue weighted by molar-refractivity contribution is 7.89. The maximum Gasteiger partial charge on any atom is 0.390 e. The Bertz CT molecular complexity index is 816. The molecule has 0 heterocycles. The van der Waals surface area contributed by atoms with Crippen molar-refractivity contribution in [2.45, 2.75) is 69.5 Å². The zero-order chi connectivity index (χ0) is 21.1. The number of rotatable bonds is 6. The molecule has 5 nitrogen and oxygen atoms in total. The molecule has 1 N–H and O–H groups in total. The highest BCUT2D eigenvalue weighted by atomic mass is 32.2. The van der Waals surface area contributed by atoms with Crippen LogP contribution in [-0.2, 0) is 10.0 Å². The predicted molar refractivity (Wildman–Crippen MR) is 101 cm³/mol. The van der Waals surface area contributed by atoms with Crippen LogP contribution in [0, 0.1) is 13.8 Å². The summed E-state index contributed by atoms with van der Waals surface area (Å²) in [5.41, 5.74) is 1.20. The van der Waals surface area contributed by atoms with Gasteiger partial charge in [-0.15, -0.1) is 0 Å². The van der Waals surface area contributed by atoms with Crippen molar-refractivity contribution in [3.8, 4) is 0 Å². The summed E-state index contributed by atoms with van der Waals surface area (Å²) in [4.78, 5) is 14.4. The van der Waals surface area contributed by atoms with E-state index in [1.165, 1.54) is 18.0 Å². The molecule has 0 radical (unpaired) electrons. The Labute approximate surface area is 164 Å². The van der Waals surface area contributed by atoms with Gasteiger partial charge < -0.3 is 4.90 Å². The summed E-state index contributed by atoms with van der Waals surface area (Å²) in [6, 6.07) is 2.56. The van der Waals surface area contributed by atoms with Gasteiger partial charge in [0.1, 0.15) is 0 Å². The minimum absolute atomic E-state index is 0.0298. The molecular weight excluding hydrogens is 393 g/mol. The van der Waals surface area contributed by atoms with Crippen molar-refractivity contribution in [3.63, 3.8) is 0 Å². The van der Waals surface area contributed by atoms with E-state index in [0.717, 1.165) is 19.3 Å². The molecule has 0 saturated heterocycles. The number of hydrogen-bond acceptors (Lipinski definition) is 3. The number of benzene rings is 1. The van der Waals surface area contributed by atoms with Crippen LogP contribution >= 0.6 is 0 Å². The largest absolute Gasteiger partial charge is 0.390 e. The molecule has 2 rings (SSSR count). The zero-order valence-corrected chi connectivity index (χ0v) is 17.2. The highest BCUT2D eigenvalue weighted by Crippen LogP contribution is 2.28. The van der Waals surface area contributed by atoms with Crippen molar-refractivity contribution in [3.05, 3.63) is 28.8 Å². The second-order valence-corrected chi connectivity index (χ2v) is 9.13. The summed E-state index contributed by atoms with van der Waals surface area (Å²) in [6.07, 6.45) is -1.38. The second kappa shape index (κ2) is 8.82. The number of amides is 1. The van der Waals surface area contributed by atoms with Crippen molar-refractivity contribution in [2.75, 3.05) is 13.6 Å². The van der Waals surface area contributed by atoms with Crippen LogP contribution < -0.4 is 4.72 Å². The molecule has 0 aromatic heterocycles. The molecule has 1 saturated carbocycles. The van der Waals surface area contributed by atoms with Gasteiger partial charge in [-0.2, -0.15) is 13.2 Å². The fourth-order valence-electron chi connectivity index (χ4n) is 3.60. The lowest BCUT2D eigenvalue weighted by atomic mass is 9.93. The van der Waals surface area contributed by atoms with Crippen LogP contribution in [0.25, 0.3) is 0 Å². The van der Waals surface area contributed by atoms with Crippen molar-refractivity contribution < 1.29 is 26.4 Å². The molecule has 0 aliphatic heterocycles. The van der Waals surface area contributed by atoms with Gasteiger partial charge in [0, 0.05) is 18.2 Å². The van der Waals surface area contributed by atoms with Crippen molar-refractivity contribution in [1.82, 2.24) is 9.62 Å². The molecule has 0 bridgehead atoms. The summed E-state index contributed by atoms with van der Waals surface area (Å²) in [5, 5.41) is 0. The summed E-state index contributed by atoms with van der Waals surface area (Å²) >= 11 is 0. The molecule has 158 valence electrons. The van der Waals surface area contributed by atoms with Gasteiger partial charge in [0.2, 0.25) is 10.0 Å². The maximum absolute atomic E-state index is 13.1. The molecule has 1 aliphatic carbocycles. The molecule has 1 amide bonds. The standard InChI is InChI=1S/C19H27F3N2O3S/c1-13-11-15(12-17(14(13)2)28(26,27)23-3)18(25)24(10-9-19(20,21)22)16-7-5-4-6-8-16/h11-12,16,23H,4-10H2,1-3H3. The number of hydrogen-bond donors (Lipinski definition) is 1. The number of nitrogens with one attached hydrogen (secondary N) is 1. The maximum atomic E-state index is 13.1. The van der Waals surface area contributed by atoms with Gasteiger partial charge in [-0.3, -0.25) is 4.79 Å². The van der Waals surface area contributed by atoms with Crippen LogP contribution in [0.4, 0.5) is 13.2 Å². The second-order valence-electron chi connectivity index (χ2n) is 7.28. The van der Waals surface area contributed by atoms with E-state index in [9.17, 15) is 26.4 Å². The fraction of sp³-hybridized carbons (Fsp3) is 0.632. The van der Waals surface area contributed by atoms with Crippen LogP contribution in [0.1, 0.15) is 60.0 Å². The monoisotopic (exact) mass is 420 g/mol. The van der Waals surface area contributed by atoms with Gasteiger partial charge in [-0.1, -0.05) is 19.3 Å². The van der Waals surface area contributed by atoms with Crippen LogP contribution in [0.15, 0.2) is 17.0 Å². The Morgan fingerprint density at radius 3 is 2.32 bits per heavy atom. The van der Waals surface area contributed by atoms with Crippen molar-refractivity contribution in [2.24, 2.45) is 0 Å². The van der Waals surface area contributed by atoms with Gasteiger partial charge in [0.05, 0.1) is 11.3 Å². The Balaban J connectivity index is 2.42. The number of halogens is 3. The third-order valence-corrected chi connectivity index (χ3v) is 6.88. The minimum atomic E-state index is -4.36. The van der Waals surface area contributed by atoms with Crippen LogP contribution in [0.5, 0.6) is 0 Å². The molecule has 1 aromatic rings. The topological polar surface area (TPSA) is 66.5 Å². The summed E-state index contributed by atoms with van der Waals surface area (Å²) in [6.45, 7) is 2.89. The summed E-state index contributed by atoms with van der Waals surface area (Å²) in [7, 11) is -2.52. The van der Waals surface area contributed by atoms with E-state index in [0.29, 0.717) is 24.0 Å². The quantitative estimate of drug-likeness (QED) is 0.758. The first-order chi connectivity index (χ1) is 13.0. The lowest BCUT2D eigenvalue weighted by molar-refractivity contribution is -0.137. The van der Waals surface area contributed by atoms with Gasteiger partial charge in [-0.25, -0.2) is 13.1 Å². The first-order valence-corrected chi connectivity index (χ1v) is 10.9. The van der Waals surface area contributed by atoms with Crippen LogP contribution in [-0.4, -0.2) is 45.0 Å². The number of sulfonamides is 1. The van der Waals surface area contributed by atoms with E-state index in [4.69, 9.17) is 0 Å². The zero-order valence-electron chi connectivity index (χ0n) is 16.4. The lowest BCUT2D eigenvalue weighted by Gasteiger charge is -2.35. The number of nitrogens with zero attached hydrogens (tertiary/aromatic N) is 1. The van der Waals surface area contributed by atoms with Crippen LogP contribution in [0.3, 0.4) is 0 Å². The number of alkyl halides is 3. The Morgan fingerprint density at radius 2 is 1.79 bits per heavy atom. The summed E-state index contributed by atoms with van der Waals surface area (Å²) in [5.74, 6) is -0.549. The van der Waals surface area contributed by atoms with E-state index < -0.39 is 35.1 Å². The molecule has 0 spiro atoms. The van der Waals surface area contributed by atoms with Crippen LogP contribution in [0.2, 0.25) is 0 Å². The van der Waals surface area contributed by atoms with Gasteiger partial charge in [0.25, 0.3) is 5.91 Å². The van der Waals surface area contributed by atoms with E-state index in [2.05, 4.69) is 4.72 Å². The van der Waals surface area contributed by atoms with Crippen molar-refractivity contribution in [1.29, 1.82) is 0 Å². The van der Waals surface area contributed by atoms with Gasteiger partial charge >= 0.3 is 6.18 Å². The Hall–Kier alpha value is -1.61. The first-order valence-electron chi connectivity index (χ1n) is 9.39. The minimum Gasteiger partial charge on any atom is -0.335 e. The average molecular weight is 420 g/mol. The molecule has 0 unspecified atom stereocenters. The van der Waals surface area contributed by atoms with E-state index in [-0.39, 0.29) is 16.5 Å². The van der Waals surface area contributed by atoms with Gasteiger partial charge in [-0.05, 0) is 57.0 Å². The first kappa shape index (κ1) is 22.7. The van der Waals surface area contributed by atoms with E-state index in [1.807, 2.05) is 0 Å². The molecule has 28 heavy (non-hydrogen) atoms. The SMILES string of the molecule is CNS(=O)(=O)c1cc(C(=O)N(CCC(F)(F)F)C2CCCCC2)cc(C)c1C. The molecule has 1 aromatic carbocycles. The molecule has 1 fully saturated rings. The Morgan fingerprint density at radius 1 is 1.18 bits per heavy atom. The number of carbonyl (C=O) groups excluding carboxylic acids is 1. The summed E-state index contributed by atoms with van der Waals surface area (Å²) < 4.78 is 65.2. The smallest absolute Gasteiger partial charge is 0.335 e. The lowest BCUT2D eigenvalue weighted by Crippen LogP contribution is -2.43. The third kappa shape index (κ3) is 5.47. The molecule has 0 atom stereocenters. The predicted octanol–water partition coefficient (Wildman–Crippen LogP) is 3.94. The molecule has 9 heteroatoms. The highest BCUT2D eigenvalue weighted by Gasteiger charge is 2.33. The number of aryl methyl sites for hydroxylation is 1. The molecule has 1 aliphatic rings. The average Bonchev–Trinajstić information content (AvgIpc) is 2.63. The Kier molecular flexibility index (Phi) is 7.14. The third-order valence-electron chi connectivity index (χ3n) is 5.34. The van der Waals surface area contributed by atoms with Crippen molar-refractivity contribution >= 4 is 15.9 Å². The van der Waals surface area contributed by atoms with E-state index >= 15 is 0 Å². The normalized spacial score (nSPS) is 16.2. The van der Waals surface area contributed by atoms with E-state index in [1.54, 1.807) is 19.9 Å². The fourth-order valence-corrected chi connectivity index (χ4v) is 4.66.